The van der Waals surface area contributed by atoms with Crippen molar-refractivity contribution in [3.05, 3.63) is 58.8 Å². The molecule has 38 heavy (non-hydrogen) atoms. The fraction of sp³-hybridized carbons (Fsp3) is 0.429. The molecule has 2 aromatic carbocycles. The van der Waals surface area contributed by atoms with Crippen molar-refractivity contribution in [3.8, 4) is 11.1 Å². The summed E-state index contributed by atoms with van der Waals surface area (Å²) in [5.74, 6) is -1.55. The van der Waals surface area contributed by atoms with Crippen LogP contribution in [0.25, 0.3) is 11.1 Å². The number of halogens is 3. The Kier molecular flexibility index (Phi) is 9.22. The lowest BCUT2D eigenvalue weighted by Crippen LogP contribution is -2.47. The molecule has 204 valence electrons. The molecule has 2 aromatic rings. The van der Waals surface area contributed by atoms with Crippen molar-refractivity contribution in [2.75, 3.05) is 55.6 Å². The van der Waals surface area contributed by atoms with Gasteiger partial charge in [-0.3, -0.25) is 0 Å². The minimum atomic E-state index is -3.02. The summed E-state index contributed by atoms with van der Waals surface area (Å²) in [4.78, 5) is 18.3. The number of rotatable bonds is 9. The Morgan fingerprint density at radius 1 is 1.13 bits per heavy atom. The maximum Gasteiger partial charge on any atom is 0.339 e. The number of hydrogen-bond acceptors (Lipinski definition) is 6. The van der Waals surface area contributed by atoms with E-state index >= 15 is 0 Å². The summed E-state index contributed by atoms with van der Waals surface area (Å²) in [6.45, 7) is 8.48. The van der Waals surface area contributed by atoms with Gasteiger partial charge in [-0.1, -0.05) is 36.7 Å². The van der Waals surface area contributed by atoms with E-state index < -0.39 is 29.7 Å². The van der Waals surface area contributed by atoms with Crippen molar-refractivity contribution in [2.24, 2.45) is 0 Å². The molecule has 0 bridgehead atoms. The molecule has 1 unspecified atom stereocenters. The van der Waals surface area contributed by atoms with Crippen LogP contribution in [-0.2, 0) is 4.79 Å². The molecule has 7 nitrogen and oxygen atoms in total. The van der Waals surface area contributed by atoms with E-state index in [2.05, 4.69) is 51.2 Å². The van der Waals surface area contributed by atoms with Crippen molar-refractivity contribution in [1.29, 1.82) is 5.41 Å². The highest BCUT2D eigenvalue weighted by molar-refractivity contribution is 6.31. The predicted molar refractivity (Wildman–Crippen MR) is 149 cm³/mol. The van der Waals surface area contributed by atoms with Crippen LogP contribution in [0, 0.1) is 5.41 Å². The lowest BCUT2D eigenvalue weighted by Gasteiger charge is -2.37. The number of hydrogen-bond donors (Lipinski definition) is 3. The molecule has 2 aliphatic rings. The molecule has 0 amide bonds. The zero-order valence-electron chi connectivity index (χ0n) is 21.5. The summed E-state index contributed by atoms with van der Waals surface area (Å²) in [6, 6.07) is 13.8. The number of carboxylic acids is 1. The van der Waals surface area contributed by atoms with Crippen LogP contribution in [0.2, 0.25) is 5.02 Å². The number of carboxylic acid groups (broad SMARTS) is 1. The Morgan fingerprint density at radius 2 is 1.84 bits per heavy atom. The first kappa shape index (κ1) is 27.9. The molecule has 0 aliphatic carbocycles. The summed E-state index contributed by atoms with van der Waals surface area (Å²) < 4.78 is 27.4. The number of allylic oxidation sites excluding steroid dienone is 1. The molecule has 0 spiro atoms. The average Bonchev–Trinajstić information content (AvgIpc) is 2.93. The van der Waals surface area contributed by atoms with Gasteiger partial charge in [0.1, 0.15) is 5.57 Å². The molecule has 3 N–H and O–H groups in total. The van der Waals surface area contributed by atoms with Gasteiger partial charge in [0.25, 0.3) is 6.43 Å². The molecule has 0 aromatic heterocycles. The molecule has 10 heteroatoms. The van der Waals surface area contributed by atoms with E-state index in [0.717, 1.165) is 62.5 Å². The number of nitrogens with zero attached hydrogens (tertiary/aromatic N) is 3. The van der Waals surface area contributed by atoms with Gasteiger partial charge in [-0.05, 0) is 49.2 Å². The van der Waals surface area contributed by atoms with E-state index in [1.54, 1.807) is 0 Å². The first-order valence-electron chi connectivity index (χ1n) is 13.0. The highest BCUT2D eigenvalue weighted by Gasteiger charge is 2.28. The molecule has 2 saturated heterocycles. The van der Waals surface area contributed by atoms with Gasteiger partial charge in [0.05, 0.1) is 5.70 Å². The quantitative estimate of drug-likeness (QED) is 0.305. The van der Waals surface area contributed by atoms with E-state index in [-0.39, 0.29) is 0 Å². The summed E-state index contributed by atoms with van der Waals surface area (Å²) >= 11 is 6.38. The van der Waals surface area contributed by atoms with Gasteiger partial charge in [0.2, 0.25) is 0 Å². The highest BCUT2D eigenvalue weighted by atomic mass is 35.5. The fourth-order valence-electron chi connectivity index (χ4n) is 5.23. The predicted octanol–water partition coefficient (Wildman–Crippen LogP) is 4.96. The number of aliphatic carboxylic acids is 1. The molecular formula is C28H34ClF2N5O2. The van der Waals surface area contributed by atoms with Crippen LogP contribution in [0.15, 0.2) is 53.7 Å². The molecule has 2 aliphatic heterocycles. The van der Waals surface area contributed by atoms with Crippen LogP contribution >= 0.6 is 11.6 Å². The second kappa shape index (κ2) is 12.6. The topological polar surface area (TPSA) is 82.9 Å². The zero-order chi connectivity index (χ0) is 27.2. The van der Waals surface area contributed by atoms with E-state index in [1.807, 2.05) is 18.2 Å². The molecule has 4 rings (SSSR count). The van der Waals surface area contributed by atoms with Crippen LogP contribution < -0.4 is 15.1 Å². The maximum atomic E-state index is 13.7. The fourth-order valence-corrected chi connectivity index (χ4v) is 5.40. The Labute approximate surface area is 227 Å². The first-order valence-corrected chi connectivity index (χ1v) is 13.3. The number of piperidine rings is 1. The molecule has 0 saturated carbocycles. The van der Waals surface area contributed by atoms with Crippen LogP contribution in [0.3, 0.4) is 0 Å². The van der Waals surface area contributed by atoms with Gasteiger partial charge in [0.15, 0.2) is 0 Å². The van der Waals surface area contributed by atoms with Crippen molar-refractivity contribution in [2.45, 2.75) is 32.2 Å². The van der Waals surface area contributed by atoms with Crippen molar-refractivity contribution in [1.82, 2.24) is 10.2 Å². The van der Waals surface area contributed by atoms with Crippen LogP contribution in [0.1, 0.15) is 19.8 Å². The zero-order valence-corrected chi connectivity index (χ0v) is 22.2. The van der Waals surface area contributed by atoms with Gasteiger partial charge in [-0.25, -0.2) is 13.6 Å². The molecule has 1 atom stereocenters. The van der Waals surface area contributed by atoms with Crippen LogP contribution in [-0.4, -0.2) is 80.5 Å². The third-order valence-electron chi connectivity index (χ3n) is 7.33. The normalized spacial score (nSPS) is 19.3. The number of nitrogens with one attached hydrogen (secondary N) is 2. The Balaban J connectivity index is 1.55. The third-order valence-corrected chi connectivity index (χ3v) is 7.56. The van der Waals surface area contributed by atoms with Gasteiger partial charge in [0, 0.05) is 73.5 Å². The molecule has 2 heterocycles. The van der Waals surface area contributed by atoms with E-state index in [0.29, 0.717) is 24.2 Å². The Morgan fingerprint density at radius 3 is 2.45 bits per heavy atom. The summed E-state index contributed by atoms with van der Waals surface area (Å²) in [5, 5.41) is 19.8. The van der Waals surface area contributed by atoms with E-state index in [4.69, 9.17) is 17.0 Å². The number of benzene rings is 2. The molecule has 0 radical (unpaired) electrons. The van der Waals surface area contributed by atoms with Crippen LogP contribution in [0.5, 0.6) is 0 Å². The Bertz CT molecular complexity index is 1170. The first-order chi connectivity index (χ1) is 18.3. The smallest absolute Gasteiger partial charge is 0.339 e. The summed E-state index contributed by atoms with van der Waals surface area (Å²) in [6.07, 6.45) is -1.23. The monoisotopic (exact) mass is 545 g/mol. The second-order valence-corrected chi connectivity index (χ2v) is 10.1. The average molecular weight is 546 g/mol. The second-order valence-electron chi connectivity index (χ2n) is 9.64. The number of piperazine rings is 1. The Hall–Kier alpha value is -3.17. The lowest BCUT2D eigenvalue weighted by molar-refractivity contribution is -0.132. The highest BCUT2D eigenvalue weighted by Crippen LogP contribution is 2.36. The number of anilines is 2. The van der Waals surface area contributed by atoms with E-state index in [1.165, 1.54) is 5.69 Å². The minimum absolute atomic E-state index is 0.397. The summed E-state index contributed by atoms with van der Waals surface area (Å²) in [5.41, 5.74) is 2.67. The van der Waals surface area contributed by atoms with Gasteiger partial charge < -0.3 is 30.5 Å². The van der Waals surface area contributed by atoms with Crippen LogP contribution in [0.4, 0.5) is 20.2 Å². The van der Waals surface area contributed by atoms with Gasteiger partial charge >= 0.3 is 5.97 Å². The van der Waals surface area contributed by atoms with Crippen molar-refractivity contribution in [3.63, 3.8) is 0 Å². The van der Waals surface area contributed by atoms with Crippen molar-refractivity contribution < 1.29 is 18.7 Å². The van der Waals surface area contributed by atoms with Gasteiger partial charge in [-0.2, -0.15) is 0 Å². The SMILES string of the molecule is CCN1CCN(c2ccc(-c3ccc(Cl)cc3N3CCCC(N/C(=C(\C=N)C(=O)O)C(F)F)C3)cc2)CC1. The lowest BCUT2D eigenvalue weighted by atomic mass is 9.99. The number of carbonyl (C=O) groups is 1. The number of likely N-dealkylation sites (N-methyl/N-ethyl adjacent to an activating group) is 1. The molecular weight excluding hydrogens is 512 g/mol. The van der Waals surface area contributed by atoms with Crippen molar-refractivity contribution >= 4 is 35.2 Å². The summed E-state index contributed by atoms with van der Waals surface area (Å²) in [7, 11) is 0. The minimum Gasteiger partial charge on any atom is -0.478 e. The third kappa shape index (κ3) is 6.45. The standard InChI is InChI=1S/C28H34ClF2N5O2/c1-2-34-12-14-35(15-13-34)22-8-5-19(6-9-22)23-10-7-20(29)16-25(23)36-11-3-4-21(18-36)33-26(27(30)31)24(17-32)28(37)38/h5-10,16-17,21,27,32-33H,2-4,11-15,18H2,1H3,(H,37,38)/b26-24+,32-17?. The molecule has 2 fully saturated rings. The number of alkyl halides is 2. The van der Waals surface area contributed by atoms with E-state index in [9.17, 15) is 18.7 Å². The largest absolute Gasteiger partial charge is 0.478 e. The van der Waals surface area contributed by atoms with Gasteiger partial charge in [-0.15, -0.1) is 0 Å². The maximum absolute atomic E-state index is 13.7.